The van der Waals surface area contributed by atoms with Gasteiger partial charge >= 0.3 is 0 Å². The molecule has 134 valence electrons. The number of rotatable bonds is 6. The zero-order chi connectivity index (χ0) is 18.5. The Kier molecular flexibility index (Phi) is 5.70. The maximum Gasteiger partial charge on any atom is 0.271 e. The fourth-order valence-electron chi connectivity index (χ4n) is 2.24. The van der Waals surface area contributed by atoms with Crippen LogP contribution in [0.5, 0.6) is 5.75 Å². The van der Waals surface area contributed by atoms with Crippen LogP contribution in [0, 0.1) is 0 Å². The van der Waals surface area contributed by atoms with Crippen molar-refractivity contribution in [1.82, 2.24) is 10.4 Å². The SMILES string of the molecule is CCCOc1ccc(/C=N\NC(=O)c2ccc3nc(N)sc3c2)cc1Cl. The first-order chi connectivity index (χ1) is 12.6. The number of amides is 1. The highest BCUT2D eigenvalue weighted by molar-refractivity contribution is 7.22. The van der Waals surface area contributed by atoms with E-state index in [4.69, 9.17) is 22.1 Å². The van der Waals surface area contributed by atoms with E-state index in [0.717, 1.165) is 22.2 Å². The van der Waals surface area contributed by atoms with Gasteiger partial charge in [0.25, 0.3) is 5.91 Å². The first kappa shape index (κ1) is 18.2. The number of hydrogen-bond acceptors (Lipinski definition) is 6. The van der Waals surface area contributed by atoms with Gasteiger partial charge in [-0.15, -0.1) is 0 Å². The van der Waals surface area contributed by atoms with Gasteiger partial charge in [-0.3, -0.25) is 4.79 Å². The topological polar surface area (TPSA) is 89.6 Å². The quantitative estimate of drug-likeness (QED) is 0.491. The number of nitrogens with one attached hydrogen (secondary N) is 1. The van der Waals surface area contributed by atoms with Gasteiger partial charge in [0.1, 0.15) is 5.75 Å². The number of nitrogen functional groups attached to an aromatic ring is 1. The van der Waals surface area contributed by atoms with Gasteiger partial charge in [0.05, 0.1) is 28.1 Å². The zero-order valence-corrected chi connectivity index (χ0v) is 15.6. The molecule has 2 aromatic carbocycles. The number of fused-ring (bicyclic) bond motifs is 1. The highest BCUT2D eigenvalue weighted by Gasteiger charge is 2.08. The number of nitrogens with zero attached hydrogens (tertiary/aromatic N) is 2. The van der Waals surface area contributed by atoms with Gasteiger partial charge in [-0.1, -0.05) is 29.9 Å². The van der Waals surface area contributed by atoms with Gasteiger partial charge in [-0.2, -0.15) is 5.10 Å². The van der Waals surface area contributed by atoms with E-state index < -0.39 is 0 Å². The van der Waals surface area contributed by atoms with E-state index in [1.165, 1.54) is 17.6 Å². The fraction of sp³-hybridized carbons (Fsp3) is 0.167. The third-order valence-corrected chi connectivity index (χ3v) is 4.61. The number of carbonyl (C=O) groups excluding carboxylic acids is 1. The smallest absolute Gasteiger partial charge is 0.271 e. The summed E-state index contributed by atoms with van der Waals surface area (Å²) < 4.78 is 6.37. The van der Waals surface area contributed by atoms with Crippen molar-refractivity contribution in [1.29, 1.82) is 0 Å². The lowest BCUT2D eigenvalue weighted by atomic mass is 10.2. The molecular weight excluding hydrogens is 372 g/mol. The number of aromatic nitrogens is 1. The largest absolute Gasteiger partial charge is 0.492 e. The van der Waals surface area contributed by atoms with Crippen molar-refractivity contribution >= 4 is 50.4 Å². The lowest BCUT2D eigenvalue weighted by Gasteiger charge is -2.06. The van der Waals surface area contributed by atoms with E-state index in [-0.39, 0.29) is 5.91 Å². The van der Waals surface area contributed by atoms with E-state index >= 15 is 0 Å². The molecule has 0 fully saturated rings. The molecule has 26 heavy (non-hydrogen) atoms. The number of halogens is 1. The van der Waals surface area contributed by atoms with Gasteiger partial charge in [0.15, 0.2) is 5.13 Å². The van der Waals surface area contributed by atoms with Crippen molar-refractivity contribution in [3.8, 4) is 5.75 Å². The van der Waals surface area contributed by atoms with Gasteiger partial charge in [0, 0.05) is 5.56 Å². The van der Waals surface area contributed by atoms with Crippen LogP contribution >= 0.6 is 22.9 Å². The summed E-state index contributed by atoms with van der Waals surface area (Å²) in [4.78, 5) is 16.4. The lowest BCUT2D eigenvalue weighted by Crippen LogP contribution is -2.17. The molecule has 0 radical (unpaired) electrons. The van der Waals surface area contributed by atoms with Crippen LogP contribution in [-0.2, 0) is 0 Å². The number of hydrogen-bond donors (Lipinski definition) is 2. The van der Waals surface area contributed by atoms with Crippen molar-refractivity contribution in [2.75, 3.05) is 12.3 Å². The normalized spacial score (nSPS) is 11.2. The molecule has 0 atom stereocenters. The summed E-state index contributed by atoms with van der Waals surface area (Å²) in [5.41, 5.74) is 10.2. The monoisotopic (exact) mass is 388 g/mol. The third-order valence-electron chi connectivity index (χ3n) is 3.46. The Morgan fingerprint density at radius 1 is 1.38 bits per heavy atom. The van der Waals surface area contributed by atoms with E-state index in [0.29, 0.717) is 28.1 Å². The van der Waals surface area contributed by atoms with Crippen molar-refractivity contribution in [2.45, 2.75) is 13.3 Å². The maximum atomic E-state index is 12.2. The number of carbonyl (C=O) groups is 1. The van der Waals surface area contributed by atoms with Crippen molar-refractivity contribution in [2.24, 2.45) is 5.10 Å². The second-order valence-corrected chi connectivity index (χ2v) is 6.94. The Labute approximate surface area is 159 Å². The Morgan fingerprint density at radius 3 is 3.00 bits per heavy atom. The summed E-state index contributed by atoms with van der Waals surface area (Å²) in [6.07, 6.45) is 2.43. The zero-order valence-electron chi connectivity index (χ0n) is 14.0. The lowest BCUT2D eigenvalue weighted by molar-refractivity contribution is 0.0955. The average molecular weight is 389 g/mol. The number of anilines is 1. The summed E-state index contributed by atoms with van der Waals surface area (Å²) >= 11 is 7.51. The fourth-order valence-corrected chi connectivity index (χ4v) is 3.26. The van der Waals surface area contributed by atoms with Crippen molar-refractivity contribution in [3.63, 3.8) is 0 Å². The Balaban J connectivity index is 1.65. The highest BCUT2D eigenvalue weighted by atomic mass is 35.5. The van der Waals surface area contributed by atoms with Crippen molar-refractivity contribution < 1.29 is 9.53 Å². The van der Waals surface area contributed by atoms with Crippen LogP contribution in [0.2, 0.25) is 5.02 Å². The molecule has 0 spiro atoms. The molecule has 0 saturated carbocycles. The van der Waals surface area contributed by atoms with Gasteiger partial charge < -0.3 is 10.5 Å². The van der Waals surface area contributed by atoms with E-state index in [1.54, 1.807) is 30.3 Å². The van der Waals surface area contributed by atoms with Crippen LogP contribution in [0.3, 0.4) is 0 Å². The van der Waals surface area contributed by atoms with E-state index in [9.17, 15) is 4.79 Å². The standard InChI is InChI=1S/C18H17ClN4O2S/c1-2-7-25-15-6-3-11(8-13(15)19)10-21-23-17(24)12-4-5-14-16(9-12)26-18(20)22-14/h3-6,8-10H,2,7H2,1H3,(H2,20,22)(H,23,24)/b21-10-. The molecule has 0 aliphatic heterocycles. The molecule has 0 unspecified atom stereocenters. The Bertz CT molecular complexity index is 971. The summed E-state index contributed by atoms with van der Waals surface area (Å²) in [7, 11) is 0. The second-order valence-electron chi connectivity index (χ2n) is 5.47. The third kappa shape index (κ3) is 4.30. The predicted molar refractivity (Wildman–Crippen MR) is 106 cm³/mol. The van der Waals surface area contributed by atoms with Crippen molar-refractivity contribution in [3.05, 3.63) is 52.5 Å². The predicted octanol–water partition coefficient (Wildman–Crippen LogP) is 4.08. The summed E-state index contributed by atoms with van der Waals surface area (Å²) in [6, 6.07) is 10.5. The first-order valence-corrected chi connectivity index (χ1v) is 9.18. The summed E-state index contributed by atoms with van der Waals surface area (Å²) in [5.74, 6) is 0.316. The van der Waals surface area contributed by atoms with Crippen LogP contribution in [0.15, 0.2) is 41.5 Å². The molecule has 1 heterocycles. The Morgan fingerprint density at radius 2 is 2.23 bits per heavy atom. The molecule has 3 aromatic rings. The molecule has 0 saturated heterocycles. The molecule has 0 aliphatic rings. The molecular formula is C18H17ClN4O2S. The minimum atomic E-state index is -0.316. The minimum Gasteiger partial charge on any atom is -0.492 e. The van der Waals surface area contributed by atoms with Gasteiger partial charge in [-0.05, 0) is 48.4 Å². The Hall–Kier alpha value is -2.64. The average Bonchev–Trinajstić information content (AvgIpc) is 3.00. The molecule has 3 N–H and O–H groups in total. The van der Waals surface area contributed by atoms with Crippen LogP contribution in [-0.4, -0.2) is 23.7 Å². The van der Waals surface area contributed by atoms with Crippen LogP contribution in [0.1, 0.15) is 29.3 Å². The molecule has 0 aliphatic carbocycles. The summed E-state index contributed by atoms with van der Waals surface area (Å²) in [5, 5.41) is 4.95. The highest BCUT2D eigenvalue weighted by Crippen LogP contribution is 2.25. The number of ether oxygens (including phenoxy) is 1. The van der Waals surface area contributed by atoms with E-state index in [1.807, 2.05) is 13.0 Å². The second kappa shape index (κ2) is 8.16. The van der Waals surface area contributed by atoms with Crippen LogP contribution in [0.4, 0.5) is 5.13 Å². The molecule has 1 aromatic heterocycles. The number of thiazole rings is 1. The minimum absolute atomic E-state index is 0.316. The maximum absolute atomic E-state index is 12.2. The molecule has 8 heteroatoms. The van der Waals surface area contributed by atoms with E-state index in [2.05, 4.69) is 15.5 Å². The molecule has 3 rings (SSSR count). The van der Waals surface area contributed by atoms with Gasteiger partial charge in [-0.25, -0.2) is 10.4 Å². The van der Waals surface area contributed by atoms with Gasteiger partial charge in [0.2, 0.25) is 0 Å². The molecule has 6 nitrogen and oxygen atoms in total. The summed E-state index contributed by atoms with van der Waals surface area (Å²) in [6.45, 7) is 2.64. The number of hydrazone groups is 1. The molecule has 0 bridgehead atoms. The number of benzene rings is 2. The first-order valence-electron chi connectivity index (χ1n) is 7.98. The van der Waals surface area contributed by atoms with Crippen LogP contribution in [0.25, 0.3) is 10.2 Å². The van der Waals surface area contributed by atoms with Crippen LogP contribution < -0.4 is 15.9 Å². The number of nitrogens with two attached hydrogens (primary N) is 1. The molecule has 1 amide bonds.